The Bertz CT molecular complexity index is 1210. The maximum absolute atomic E-state index is 13.1. The van der Waals surface area contributed by atoms with E-state index in [1.54, 1.807) is 25.2 Å². The van der Waals surface area contributed by atoms with Crippen molar-refractivity contribution in [1.82, 2.24) is 10.2 Å². The first-order chi connectivity index (χ1) is 17.4. The summed E-state index contributed by atoms with van der Waals surface area (Å²) < 4.78 is 6.14. The smallest absolute Gasteiger partial charge is 0.326 e. The van der Waals surface area contributed by atoms with Crippen LogP contribution >= 0.6 is 0 Å². The molecule has 1 saturated heterocycles. The van der Waals surface area contributed by atoms with Crippen LogP contribution in [-0.4, -0.2) is 50.1 Å². The van der Waals surface area contributed by atoms with Crippen molar-refractivity contribution in [1.29, 1.82) is 0 Å². The van der Waals surface area contributed by atoms with Crippen molar-refractivity contribution in [3.05, 3.63) is 83.4 Å². The van der Waals surface area contributed by atoms with Crippen molar-refractivity contribution in [2.45, 2.75) is 26.7 Å². The molecule has 0 atom stereocenters. The highest BCUT2D eigenvalue weighted by atomic mass is 16.5. The van der Waals surface area contributed by atoms with E-state index < -0.39 is 0 Å². The first-order valence-electron chi connectivity index (χ1n) is 12.4. The fraction of sp³-hybridized carbons (Fsp3) is 0.310. The predicted molar refractivity (Wildman–Crippen MR) is 144 cm³/mol. The van der Waals surface area contributed by atoms with Gasteiger partial charge in [-0.2, -0.15) is 0 Å². The largest absolute Gasteiger partial charge is 0.455 e. The Morgan fingerprint density at radius 1 is 0.944 bits per heavy atom. The van der Waals surface area contributed by atoms with Crippen LogP contribution in [0.15, 0.2) is 66.7 Å². The first kappa shape index (κ1) is 25.3. The molecule has 0 saturated carbocycles. The lowest BCUT2D eigenvalue weighted by atomic mass is 10.1. The standard InChI is InChI=1S/C29H34N4O3/c1-21-11-13-25(19-22(21)2)36-27-14-12-23(28(34)30-15-18-33-16-7-8-17-33)20-26(27)31-29(35)32(3)24-9-5-4-6-10-24/h4-6,9-14,19-20H,7-8,15-18H2,1-3H3,(H,30,34)(H,31,35). The Kier molecular flexibility index (Phi) is 8.23. The highest BCUT2D eigenvalue weighted by Gasteiger charge is 2.17. The summed E-state index contributed by atoms with van der Waals surface area (Å²) in [5.74, 6) is 0.938. The maximum atomic E-state index is 13.1. The fourth-order valence-electron chi connectivity index (χ4n) is 4.17. The zero-order valence-electron chi connectivity index (χ0n) is 21.2. The fourth-order valence-corrected chi connectivity index (χ4v) is 4.17. The molecule has 0 aromatic heterocycles. The normalized spacial score (nSPS) is 13.3. The second-order valence-corrected chi connectivity index (χ2v) is 9.19. The zero-order chi connectivity index (χ0) is 25.5. The number of benzene rings is 3. The number of urea groups is 1. The lowest BCUT2D eigenvalue weighted by molar-refractivity contribution is 0.0949. The van der Waals surface area contributed by atoms with E-state index in [1.807, 2.05) is 62.4 Å². The van der Waals surface area contributed by atoms with E-state index in [2.05, 4.69) is 15.5 Å². The molecule has 2 N–H and O–H groups in total. The van der Waals surface area contributed by atoms with Crippen LogP contribution in [0.5, 0.6) is 11.5 Å². The molecule has 0 bridgehead atoms. The van der Waals surface area contributed by atoms with Crippen molar-refractivity contribution < 1.29 is 14.3 Å². The molecule has 1 aliphatic rings. The topological polar surface area (TPSA) is 73.9 Å². The third kappa shape index (κ3) is 6.43. The SMILES string of the molecule is Cc1ccc(Oc2ccc(C(=O)NCCN3CCCC3)cc2NC(=O)N(C)c2ccccc2)cc1C. The molecule has 3 aromatic rings. The summed E-state index contributed by atoms with van der Waals surface area (Å²) in [7, 11) is 1.70. The molecule has 1 heterocycles. The third-order valence-electron chi connectivity index (χ3n) is 6.55. The van der Waals surface area contributed by atoms with Gasteiger partial charge in [-0.15, -0.1) is 0 Å². The van der Waals surface area contributed by atoms with E-state index in [0.29, 0.717) is 29.3 Å². The molecule has 4 rings (SSSR count). The molecule has 3 amide bonds. The van der Waals surface area contributed by atoms with E-state index >= 15 is 0 Å². The van der Waals surface area contributed by atoms with E-state index in [4.69, 9.17) is 4.74 Å². The van der Waals surface area contributed by atoms with Crippen LogP contribution in [0, 0.1) is 13.8 Å². The van der Waals surface area contributed by atoms with Crippen molar-refractivity contribution in [3.63, 3.8) is 0 Å². The summed E-state index contributed by atoms with van der Waals surface area (Å²) >= 11 is 0. The highest BCUT2D eigenvalue weighted by molar-refractivity contribution is 6.03. The molecule has 0 unspecified atom stereocenters. The Morgan fingerprint density at radius 2 is 1.69 bits per heavy atom. The van der Waals surface area contributed by atoms with Crippen LogP contribution < -0.4 is 20.3 Å². The Morgan fingerprint density at radius 3 is 2.42 bits per heavy atom. The number of amides is 3. The van der Waals surface area contributed by atoms with Crippen LogP contribution in [-0.2, 0) is 0 Å². The summed E-state index contributed by atoms with van der Waals surface area (Å²) in [6.45, 7) is 7.66. The Hall–Kier alpha value is -3.84. The number of rotatable bonds is 8. The number of para-hydroxylation sites is 1. The number of aryl methyl sites for hydroxylation is 2. The van der Waals surface area contributed by atoms with Gasteiger partial charge in [0.25, 0.3) is 5.91 Å². The number of carbonyl (C=O) groups excluding carboxylic acids is 2. The van der Waals surface area contributed by atoms with Crippen molar-refractivity contribution in [3.8, 4) is 11.5 Å². The van der Waals surface area contributed by atoms with Crippen molar-refractivity contribution >= 4 is 23.3 Å². The van der Waals surface area contributed by atoms with E-state index in [0.717, 1.165) is 30.9 Å². The molecule has 0 aliphatic carbocycles. The third-order valence-corrected chi connectivity index (χ3v) is 6.55. The molecule has 188 valence electrons. The van der Waals surface area contributed by atoms with Gasteiger partial charge in [0, 0.05) is 31.4 Å². The second kappa shape index (κ2) is 11.7. The number of ether oxygens (including phenoxy) is 1. The molecule has 1 aliphatic heterocycles. The molecular weight excluding hydrogens is 452 g/mol. The summed E-state index contributed by atoms with van der Waals surface area (Å²) in [6.07, 6.45) is 2.44. The predicted octanol–water partition coefficient (Wildman–Crippen LogP) is 5.59. The monoisotopic (exact) mass is 486 g/mol. The van der Waals surface area contributed by atoms with Gasteiger partial charge in [0.05, 0.1) is 5.69 Å². The molecule has 0 spiro atoms. The molecule has 36 heavy (non-hydrogen) atoms. The quantitative estimate of drug-likeness (QED) is 0.435. The van der Waals surface area contributed by atoms with Gasteiger partial charge in [0.15, 0.2) is 5.75 Å². The van der Waals surface area contributed by atoms with Crippen LogP contribution in [0.4, 0.5) is 16.2 Å². The molecular formula is C29H34N4O3. The van der Waals surface area contributed by atoms with Crippen molar-refractivity contribution in [2.75, 3.05) is 43.4 Å². The second-order valence-electron chi connectivity index (χ2n) is 9.19. The number of likely N-dealkylation sites (tertiary alicyclic amines) is 1. The molecule has 3 aromatic carbocycles. The molecule has 1 fully saturated rings. The number of hydrogen-bond donors (Lipinski definition) is 2. The van der Waals surface area contributed by atoms with Gasteiger partial charge in [-0.05, 0) is 93.4 Å². The summed E-state index contributed by atoms with van der Waals surface area (Å²) in [6, 6.07) is 20.0. The van der Waals surface area contributed by atoms with Gasteiger partial charge in [0.1, 0.15) is 5.75 Å². The summed E-state index contributed by atoms with van der Waals surface area (Å²) in [5.41, 5.74) is 3.91. The number of nitrogens with one attached hydrogen (secondary N) is 2. The van der Waals surface area contributed by atoms with Crippen LogP contribution in [0.1, 0.15) is 34.3 Å². The van der Waals surface area contributed by atoms with E-state index in [9.17, 15) is 9.59 Å². The Labute approximate surface area is 213 Å². The average Bonchev–Trinajstić information content (AvgIpc) is 3.41. The van der Waals surface area contributed by atoms with Gasteiger partial charge < -0.3 is 20.3 Å². The molecule has 7 heteroatoms. The number of carbonyl (C=O) groups is 2. The highest BCUT2D eigenvalue weighted by Crippen LogP contribution is 2.32. The molecule has 0 radical (unpaired) electrons. The number of anilines is 2. The molecule has 7 nitrogen and oxygen atoms in total. The minimum atomic E-state index is -0.335. The number of hydrogen-bond acceptors (Lipinski definition) is 4. The van der Waals surface area contributed by atoms with E-state index in [-0.39, 0.29) is 11.9 Å². The van der Waals surface area contributed by atoms with Gasteiger partial charge in [-0.25, -0.2) is 4.79 Å². The zero-order valence-corrected chi connectivity index (χ0v) is 21.2. The van der Waals surface area contributed by atoms with Gasteiger partial charge >= 0.3 is 6.03 Å². The number of nitrogens with zero attached hydrogens (tertiary/aromatic N) is 2. The minimum Gasteiger partial charge on any atom is -0.455 e. The summed E-state index contributed by atoms with van der Waals surface area (Å²) in [5, 5.41) is 5.92. The average molecular weight is 487 g/mol. The van der Waals surface area contributed by atoms with Crippen LogP contribution in [0.25, 0.3) is 0 Å². The van der Waals surface area contributed by atoms with Gasteiger partial charge in [0.2, 0.25) is 0 Å². The lowest BCUT2D eigenvalue weighted by Crippen LogP contribution is -2.33. The maximum Gasteiger partial charge on any atom is 0.326 e. The Balaban J connectivity index is 1.53. The van der Waals surface area contributed by atoms with Gasteiger partial charge in [-0.3, -0.25) is 9.69 Å². The van der Waals surface area contributed by atoms with Gasteiger partial charge in [-0.1, -0.05) is 24.3 Å². The lowest BCUT2D eigenvalue weighted by Gasteiger charge is -2.20. The first-order valence-corrected chi connectivity index (χ1v) is 12.4. The minimum absolute atomic E-state index is 0.182. The summed E-state index contributed by atoms with van der Waals surface area (Å²) in [4.78, 5) is 29.8. The van der Waals surface area contributed by atoms with Crippen LogP contribution in [0.2, 0.25) is 0 Å². The van der Waals surface area contributed by atoms with E-state index in [1.165, 1.54) is 23.3 Å². The van der Waals surface area contributed by atoms with Crippen molar-refractivity contribution in [2.24, 2.45) is 0 Å². The van der Waals surface area contributed by atoms with Crippen LogP contribution in [0.3, 0.4) is 0 Å².